The van der Waals surface area contributed by atoms with Crippen LogP contribution in [0.4, 0.5) is 34.1 Å². The van der Waals surface area contributed by atoms with E-state index in [1.54, 1.807) is 0 Å². The first-order valence-corrected chi connectivity index (χ1v) is 47.7. The van der Waals surface area contributed by atoms with Gasteiger partial charge >= 0.3 is 0 Å². The van der Waals surface area contributed by atoms with Crippen molar-refractivity contribution in [1.82, 2.24) is 9.13 Å². The summed E-state index contributed by atoms with van der Waals surface area (Å²) in [5.74, 6) is 0. The Morgan fingerprint density at radius 3 is 0.891 bits per heavy atom. The van der Waals surface area contributed by atoms with Gasteiger partial charge in [0.05, 0.1) is 32.9 Å². The highest BCUT2D eigenvalue weighted by Gasteiger charge is 2.49. The van der Waals surface area contributed by atoms with Crippen molar-refractivity contribution in [2.75, 3.05) is 9.80 Å². The summed E-state index contributed by atoms with van der Waals surface area (Å²) >= 11 is 0. The summed E-state index contributed by atoms with van der Waals surface area (Å²) < 4.78 is 4.97. The summed E-state index contributed by atoms with van der Waals surface area (Å²) in [5.41, 5.74) is 37.0. The molecular weight excluding hydrogens is 1670 g/mol. The van der Waals surface area contributed by atoms with Crippen molar-refractivity contribution in [1.29, 1.82) is 0 Å². The van der Waals surface area contributed by atoms with E-state index < -0.39 is 10.8 Å². The zero-order chi connectivity index (χ0) is 91.2. The van der Waals surface area contributed by atoms with Gasteiger partial charge in [-0.2, -0.15) is 0 Å². The van der Waals surface area contributed by atoms with Crippen molar-refractivity contribution >= 4 is 110 Å². The van der Waals surface area contributed by atoms with Crippen LogP contribution in [-0.2, 0) is 10.8 Å². The van der Waals surface area contributed by atoms with E-state index in [1.165, 1.54) is 176 Å². The molecule has 0 fully saturated rings. The Labute approximate surface area is 802 Å². The number of hydrogen-bond donors (Lipinski definition) is 0. The van der Waals surface area contributed by atoms with Crippen molar-refractivity contribution in [2.24, 2.45) is 0 Å². The molecule has 27 rings (SSSR count). The predicted molar refractivity (Wildman–Crippen MR) is 580 cm³/mol. The second kappa shape index (κ2) is 33.6. The van der Waals surface area contributed by atoms with Gasteiger partial charge in [0.1, 0.15) is 0 Å². The van der Waals surface area contributed by atoms with Crippen LogP contribution in [0.3, 0.4) is 0 Å². The molecule has 2 heterocycles. The molecule has 138 heavy (non-hydrogen) atoms. The van der Waals surface area contributed by atoms with Crippen LogP contribution in [-0.4, -0.2) is 9.13 Å². The molecular formula is C134H90N4. The third-order valence-electron chi connectivity index (χ3n) is 29.1. The SMILES string of the molecule is c1ccc(-c2ccc(-n3c4cc(N(c5ccc6c(c5)C(c5ccccc5)(c5cccc(-c7ccccc7)c5)c5ccccc5-6)c5ccc6ccccc6c5)ccc4c4ccc5ccccc5c43)cc2)cc1.c1ccc(-c2ccc(-n3c4cc(N(c5ccccc5)c5ccc6c(c5)C(c5ccccc5)(c5cccc(-c7ccccc7)c5)c5ccccc5-6)ccc4c4ccc5ccccc5c43)cc2)cc1. The highest BCUT2D eigenvalue weighted by atomic mass is 15.2. The number of benzene rings is 23. The van der Waals surface area contributed by atoms with Crippen LogP contribution in [0.15, 0.2) is 546 Å². The lowest BCUT2D eigenvalue weighted by Crippen LogP contribution is -2.29. The van der Waals surface area contributed by atoms with E-state index in [2.05, 4.69) is 565 Å². The topological polar surface area (TPSA) is 16.3 Å². The van der Waals surface area contributed by atoms with Gasteiger partial charge < -0.3 is 18.9 Å². The summed E-state index contributed by atoms with van der Waals surface area (Å²) in [7, 11) is 0. The minimum atomic E-state index is -0.605. The molecule has 0 spiro atoms. The number of aromatic nitrogens is 2. The first kappa shape index (κ1) is 80.9. The Kier molecular flexibility index (Phi) is 19.7. The van der Waals surface area contributed by atoms with Crippen LogP contribution in [0.1, 0.15) is 44.5 Å². The van der Waals surface area contributed by atoms with Crippen LogP contribution in [0.2, 0.25) is 0 Å². The number of fused-ring (bicyclic) bond motifs is 17. The maximum Gasteiger partial charge on any atom is 0.0714 e. The minimum Gasteiger partial charge on any atom is -0.310 e. The van der Waals surface area contributed by atoms with E-state index in [4.69, 9.17) is 0 Å². The Bertz CT molecular complexity index is 8980. The zero-order valence-corrected chi connectivity index (χ0v) is 75.8. The highest BCUT2D eigenvalue weighted by molar-refractivity contribution is 6.21. The van der Waals surface area contributed by atoms with Crippen LogP contribution in [0.5, 0.6) is 0 Å². The molecule has 0 amide bonds. The first-order valence-electron chi connectivity index (χ1n) is 47.7. The van der Waals surface area contributed by atoms with E-state index in [-0.39, 0.29) is 0 Å². The largest absolute Gasteiger partial charge is 0.310 e. The molecule has 25 aromatic rings. The van der Waals surface area contributed by atoms with Gasteiger partial charge in [0.2, 0.25) is 0 Å². The molecule has 646 valence electrons. The number of anilines is 6. The Morgan fingerprint density at radius 2 is 0.449 bits per heavy atom. The van der Waals surface area contributed by atoms with Gasteiger partial charge in [-0.3, -0.25) is 0 Å². The van der Waals surface area contributed by atoms with E-state index in [0.717, 1.165) is 56.5 Å². The molecule has 0 radical (unpaired) electrons. The molecule has 2 unspecified atom stereocenters. The molecule has 2 atom stereocenters. The molecule has 0 saturated carbocycles. The molecule has 0 aliphatic heterocycles. The average molecular weight is 1760 g/mol. The fourth-order valence-electron chi connectivity index (χ4n) is 22.9. The fourth-order valence-corrected chi connectivity index (χ4v) is 22.9. The standard InChI is InChI=1S/C69H46N2.C65H44N2/c1-4-17-47(18-5-1)50-31-35-56(36-32-50)71-67-46-59(39-42-63(67)64-40-34-51-22-12-13-28-60(51)68(64)71)70(57-37-33-49-21-10-11-23-53(49)44-57)58-38-41-62-61-29-14-15-30-65(61)69(66(62)45-58,54-25-8-3-9-26-54)55-27-16-24-52(43-55)48-19-6-2-7-20-48;1-5-18-45(19-6-1)47-32-35-53(36-33-47)67-63-44-55(38-41-59(63)60-39-34-48-22-13-14-29-56(48)64(60)67)66(52-27-11-4-12-28-52)54-37-40-58-57-30-15-16-31-61(57)65(62(58)43-54,50-24-9-3-10-25-50)51-26-17-23-49(42-51)46-20-7-2-8-21-46/h1-46H;1-44H. The normalized spacial score (nSPS) is 14.0. The lowest BCUT2D eigenvalue weighted by Gasteiger charge is -2.35. The van der Waals surface area contributed by atoms with Gasteiger partial charge in [-0.25, -0.2) is 0 Å². The lowest BCUT2D eigenvalue weighted by molar-refractivity contribution is 0.769. The lowest BCUT2D eigenvalue weighted by atomic mass is 9.67. The van der Waals surface area contributed by atoms with Crippen LogP contribution in [0.25, 0.3) is 154 Å². The number of hydrogen-bond acceptors (Lipinski definition) is 2. The summed E-state index contributed by atoms with van der Waals surface area (Å²) in [5, 5.41) is 12.2. The quantitative estimate of drug-likeness (QED) is 0.0959. The van der Waals surface area contributed by atoms with Crippen molar-refractivity contribution in [3.63, 3.8) is 0 Å². The number of rotatable bonds is 16. The summed E-state index contributed by atoms with van der Waals surface area (Å²) in [4.78, 5) is 4.92. The smallest absolute Gasteiger partial charge is 0.0714 e. The third-order valence-corrected chi connectivity index (χ3v) is 29.1. The molecule has 4 heteroatoms. The third kappa shape index (κ3) is 13.3. The van der Waals surface area contributed by atoms with Gasteiger partial charge in [0, 0.05) is 77.8 Å². The van der Waals surface area contributed by atoms with Crippen LogP contribution < -0.4 is 9.80 Å². The van der Waals surface area contributed by atoms with E-state index in [1.807, 2.05) is 0 Å². The van der Waals surface area contributed by atoms with Crippen molar-refractivity contribution in [3.8, 4) is 78.1 Å². The molecule has 4 nitrogen and oxygen atoms in total. The zero-order valence-electron chi connectivity index (χ0n) is 75.8. The van der Waals surface area contributed by atoms with Crippen LogP contribution >= 0.6 is 0 Å². The number of para-hydroxylation sites is 1. The second-order valence-electron chi connectivity index (χ2n) is 36.5. The van der Waals surface area contributed by atoms with E-state index in [0.29, 0.717) is 0 Å². The summed E-state index contributed by atoms with van der Waals surface area (Å²) in [6.45, 7) is 0. The summed E-state index contributed by atoms with van der Waals surface area (Å²) in [6, 6.07) is 201. The molecule has 0 N–H and O–H groups in total. The maximum absolute atomic E-state index is 2.49. The van der Waals surface area contributed by atoms with Crippen molar-refractivity contribution in [2.45, 2.75) is 10.8 Å². The van der Waals surface area contributed by atoms with Gasteiger partial charge in [-0.15, -0.1) is 0 Å². The average Bonchev–Trinajstić information content (AvgIpc) is 1.53. The molecule has 2 aliphatic rings. The van der Waals surface area contributed by atoms with Gasteiger partial charge in [0.25, 0.3) is 0 Å². The van der Waals surface area contributed by atoms with Gasteiger partial charge in [0.15, 0.2) is 0 Å². The Hall–Kier alpha value is -18.0. The maximum atomic E-state index is 2.49. The number of nitrogens with zero attached hydrogens (tertiary/aromatic N) is 4. The molecule has 0 saturated heterocycles. The predicted octanol–water partition coefficient (Wildman–Crippen LogP) is 35.4. The molecule has 2 aliphatic carbocycles. The highest BCUT2D eigenvalue weighted by Crippen LogP contribution is 2.61. The van der Waals surface area contributed by atoms with Crippen molar-refractivity contribution < 1.29 is 0 Å². The Balaban J connectivity index is 0.000000143. The Morgan fingerprint density at radius 1 is 0.152 bits per heavy atom. The molecule has 23 aromatic carbocycles. The molecule has 2 aromatic heterocycles. The van der Waals surface area contributed by atoms with Crippen LogP contribution in [0, 0.1) is 0 Å². The summed E-state index contributed by atoms with van der Waals surface area (Å²) in [6.07, 6.45) is 0. The first-order chi connectivity index (χ1) is 68.4. The minimum absolute atomic E-state index is 0.584. The molecule has 0 bridgehead atoms. The van der Waals surface area contributed by atoms with E-state index in [9.17, 15) is 0 Å². The van der Waals surface area contributed by atoms with Gasteiger partial charge in [-0.1, -0.05) is 437 Å². The van der Waals surface area contributed by atoms with E-state index >= 15 is 0 Å². The van der Waals surface area contributed by atoms with Crippen molar-refractivity contribution in [3.05, 3.63) is 590 Å². The second-order valence-corrected chi connectivity index (χ2v) is 36.5. The monoisotopic (exact) mass is 1750 g/mol. The fraction of sp³-hybridized carbons (Fsp3) is 0.0149. The van der Waals surface area contributed by atoms with Gasteiger partial charge in [-0.05, 0) is 242 Å².